The Bertz CT molecular complexity index is 714. The topological polar surface area (TPSA) is 54.9 Å². The molecule has 1 heterocycles. The first-order chi connectivity index (χ1) is 9.56. The van der Waals surface area contributed by atoms with Crippen molar-refractivity contribution in [3.05, 3.63) is 66.9 Å². The number of benzene rings is 1. The minimum Gasteiger partial charge on any atom is -0.297 e. The van der Waals surface area contributed by atoms with E-state index in [4.69, 9.17) is 11.6 Å². The van der Waals surface area contributed by atoms with E-state index >= 15 is 0 Å². The second-order valence-electron chi connectivity index (χ2n) is 4.64. The Morgan fingerprint density at radius 2 is 1.65 bits per heavy atom. The van der Waals surface area contributed by atoms with Crippen molar-refractivity contribution in [1.29, 1.82) is 0 Å². The lowest BCUT2D eigenvalue weighted by molar-refractivity contribution is 0.686. The molecular weight excluding hydrogens is 276 g/mol. The molecule has 2 rings (SSSR count). The number of halogens is 1. The van der Waals surface area contributed by atoms with Gasteiger partial charge in [-0.15, -0.1) is 0 Å². The van der Waals surface area contributed by atoms with Crippen LogP contribution in [0.25, 0.3) is 0 Å². The molecule has 0 amide bonds. The van der Waals surface area contributed by atoms with Gasteiger partial charge in [0, 0.05) is 0 Å². The Morgan fingerprint density at radius 3 is 2.20 bits per heavy atom. The molecule has 0 bridgehead atoms. The van der Waals surface area contributed by atoms with Crippen LogP contribution in [0.3, 0.4) is 0 Å². The molecule has 106 valence electrons. The average molecular weight is 293 g/mol. The zero-order valence-electron chi connectivity index (χ0n) is 11.6. The number of nitrogens with one attached hydrogen (secondary N) is 1. The maximum atomic E-state index is 12.2. The fourth-order valence-electron chi connectivity index (χ4n) is 2.10. The van der Waals surface area contributed by atoms with Gasteiger partial charge in [0.25, 0.3) is 5.56 Å². The maximum Gasteiger partial charge on any atom is 0.329 e. The highest BCUT2D eigenvalue weighted by atomic mass is 35.5. The van der Waals surface area contributed by atoms with Gasteiger partial charge in [-0.1, -0.05) is 49.7 Å². The van der Waals surface area contributed by atoms with Crippen molar-refractivity contribution >= 4 is 11.6 Å². The minimum atomic E-state index is -0.475. The molecule has 0 saturated carbocycles. The number of H-pyrrole nitrogens is 1. The second kappa shape index (κ2) is 6.09. The Balaban J connectivity index is 2.43. The van der Waals surface area contributed by atoms with Crippen molar-refractivity contribution in [2.24, 2.45) is 0 Å². The third-order valence-corrected chi connectivity index (χ3v) is 3.68. The average Bonchev–Trinajstić information content (AvgIpc) is 2.44. The Kier molecular flexibility index (Phi) is 4.45. The second-order valence-corrected chi connectivity index (χ2v) is 5.02. The molecule has 0 saturated heterocycles. The highest BCUT2D eigenvalue weighted by molar-refractivity contribution is 6.30. The van der Waals surface area contributed by atoms with Gasteiger partial charge in [0.1, 0.15) is 5.15 Å². The lowest BCUT2D eigenvalue weighted by Gasteiger charge is -2.08. The van der Waals surface area contributed by atoms with Gasteiger partial charge in [0.2, 0.25) is 0 Å². The lowest BCUT2D eigenvalue weighted by atomic mass is 10.1. The van der Waals surface area contributed by atoms with Crippen LogP contribution in [0.15, 0.2) is 33.9 Å². The van der Waals surface area contributed by atoms with Crippen LogP contribution in [0, 0.1) is 0 Å². The minimum absolute atomic E-state index is 0.139. The van der Waals surface area contributed by atoms with E-state index in [9.17, 15) is 9.59 Å². The molecule has 0 radical (unpaired) electrons. The summed E-state index contributed by atoms with van der Waals surface area (Å²) in [5.74, 6) is 0. The fourth-order valence-corrected chi connectivity index (χ4v) is 2.39. The van der Waals surface area contributed by atoms with Gasteiger partial charge < -0.3 is 0 Å². The summed E-state index contributed by atoms with van der Waals surface area (Å²) in [5, 5.41) is 0.139. The van der Waals surface area contributed by atoms with Crippen LogP contribution in [-0.4, -0.2) is 9.55 Å². The number of hydrogen-bond donors (Lipinski definition) is 1. The van der Waals surface area contributed by atoms with E-state index < -0.39 is 5.69 Å². The first-order valence-corrected chi connectivity index (χ1v) is 7.03. The summed E-state index contributed by atoms with van der Waals surface area (Å²) in [4.78, 5) is 26.6. The Hall–Kier alpha value is -1.81. The molecule has 0 aliphatic rings. The quantitative estimate of drug-likeness (QED) is 0.880. The Morgan fingerprint density at radius 1 is 1.05 bits per heavy atom. The molecule has 0 spiro atoms. The third-order valence-electron chi connectivity index (χ3n) is 3.36. The summed E-state index contributed by atoms with van der Waals surface area (Å²) >= 11 is 5.88. The van der Waals surface area contributed by atoms with Gasteiger partial charge in [-0.2, -0.15) is 0 Å². The lowest BCUT2D eigenvalue weighted by Crippen LogP contribution is -2.37. The SMILES string of the molecule is CCc1ccc(Cn2c(=O)[nH]c(Cl)c(CC)c2=O)cc1. The molecule has 0 unspecified atom stereocenters. The maximum absolute atomic E-state index is 12.2. The number of hydrogen-bond acceptors (Lipinski definition) is 2. The van der Waals surface area contributed by atoms with E-state index in [-0.39, 0.29) is 17.3 Å². The summed E-state index contributed by atoms with van der Waals surface area (Å²) in [6, 6.07) is 7.88. The summed E-state index contributed by atoms with van der Waals surface area (Å²) < 4.78 is 1.19. The highest BCUT2D eigenvalue weighted by Crippen LogP contribution is 2.08. The highest BCUT2D eigenvalue weighted by Gasteiger charge is 2.11. The van der Waals surface area contributed by atoms with Crippen LogP contribution < -0.4 is 11.2 Å². The van der Waals surface area contributed by atoms with Crippen LogP contribution in [0.4, 0.5) is 0 Å². The van der Waals surface area contributed by atoms with Crippen LogP contribution >= 0.6 is 11.6 Å². The molecule has 2 aromatic rings. The van der Waals surface area contributed by atoms with Crippen LogP contribution in [0.1, 0.15) is 30.5 Å². The van der Waals surface area contributed by atoms with Crippen molar-refractivity contribution < 1.29 is 0 Å². The van der Waals surface area contributed by atoms with Gasteiger partial charge in [0.15, 0.2) is 0 Å². The van der Waals surface area contributed by atoms with E-state index in [1.165, 1.54) is 10.1 Å². The van der Waals surface area contributed by atoms with Crippen molar-refractivity contribution in [2.75, 3.05) is 0 Å². The molecule has 5 heteroatoms. The molecule has 4 nitrogen and oxygen atoms in total. The molecule has 1 aromatic carbocycles. The first-order valence-electron chi connectivity index (χ1n) is 6.66. The van der Waals surface area contributed by atoms with Crippen molar-refractivity contribution in [3.8, 4) is 0 Å². The van der Waals surface area contributed by atoms with Gasteiger partial charge in [-0.25, -0.2) is 4.79 Å². The summed E-state index contributed by atoms with van der Waals surface area (Å²) in [6.07, 6.45) is 1.45. The Labute approximate surface area is 122 Å². The van der Waals surface area contributed by atoms with Crippen LogP contribution in [0.5, 0.6) is 0 Å². The number of rotatable bonds is 4. The normalized spacial score (nSPS) is 10.8. The van der Waals surface area contributed by atoms with Crippen LogP contribution in [-0.2, 0) is 19.4 Å². The smallest absolute Gasteiger partial charge is 0.297 e. The predicted molar refractivity (Wildman–Crippen MR) is 80.6 cm³/mol. The van der Waals surface area contributed by atoms with Crippen molar-refractivity contribution in [3.63, 3.8) is 0 Å². The summed E-state index contributed by atoms with van der Waals surface area (Å²) in [6.45, 7) is 4.17. The molecule has 0 atom stereocenters. The van der Waals surface area contributed by atoms with E-state index in [1.54, 1.807) is 0 Å². The van der Waals surface area contributed by atoms with E-state index in [0.717, 1.165) is 12.0 Å². The van der Waals surface area contributed by atoms with Crippen molar-refractivity contribution in [1.82, 2.24) is 9.55 Å². The standard InChI is InChI=1S/C15H17ClN2O2/c1-3-10-5-7-11(8-6-10)9-18-14(19)12(4-2)13(16)17-15(18)20/h5-8H,3-4,9H2,1-2H3,(H,17,20). The number of aromatic nitrogens is 2. The molecule has 0 aliphatic heterocycles. The van der Waals surface area contributed by atoms with Crippen molar-refractivity contribution in [2.45, 2.75) is 33.2 Å². The van der Waals surface area contributed by atoms with E-state index in [1.807, 2.05) is 31.2 Å². The molecular formula is C15H17ClN2O2. The molecule has 0 fully saturated rings. The molecule has 0 aliphatic carbocycles. The largest absolute Gasteiger partial charge is 0.329 e. The van der Waals surface area contributed by atoms with Gasteiger partial charge in [-0.3, -0.25) is 14.3 Å². The number of nitrogens with zero attached hydrogens (tertiary/aromatic N) is 1. The monoisotopic (exact) mass is 292 g/mol. The van der Waals surface area contributed by atoms with Crippen LogP contribution in [0.2, 0.25) is 5.15 Å². The first kappa shape index (κ1) is 14.6. The zero-order chi connectivity index (χ0) is 14.7. The van der Waals surface area contributed by atoms with E-state index in [0.29, 0.717) is 12.0 Å². The summed E-state index contributed by atoms with van der Waals surface area (Å²) in [7, 11) is 0. The molecule has 1 aromatic heterocycles. The third kappa shape index (κ3) is 2.85. The molecule has 20 heavy (non-hydrogen) atoms. The summed E-state index contributed by atoms with van der Waals surface area (Å²) in [5.41, 5.74) is 1.79. The van der Waals surface area contributed by atoms with Gasteiger partial charge in [-0.05, 0) is 24.0 Å². The molecule has 1 N–H and O–H groups in total. The van der Waals surface area contributed by atoms with Gasteiger partial charge in [0.05, 0.1) is 12.1 Å². The number of aromatic amines is 1. The van der Waals surface area contributed by atoms with E-state index in [2.05, 4.69) is 11.9 Å². The predicted octanol–water partition coefficient (Wildman–Crippen LogP) is 2.36. The zero-order valence-corrected chi connectivity index (χ0v) is 12.3. The van der Waals surface area contributed by atoms with Gasteiger partial charge >= 0.3 is 5.69 Å². The fraction of sp³-hybridized carbons (Fsp3) is 0.333. The number of aryl methyl sites for hydroxylation is 1.